The van der Waals surface area contributed by atoms with Gasteiger partial charge in [-0.05, 0) is 58.3 Å². The molecule has 3 nitrogen and oxygen atoms in total. The maximum atomic E-state index is 6.47. The predicted molar refractivity (Wildman–Crippen MR) is 75.4 cm³/mol. The second kappa shape index (κ2) is 5.37. The van der Waals surface area contributed by atoms with Crippen molar-refractivity contribution in [3.8, 4) is 0 Å². The van der Waals surface area contributed by atoms with Gasteiger partial charge in [0.1, 0.15) is 0 Å². The average molecular weight is 247 g/mol. The molecule has 1 atom stereocenters. The van der Waals surface area contributed by atoms with Gasteiger partial charge >= 0.3 is 0 Å². The molecule has 1 aliphatic rings. The standard InChI is InChI=1S/C15H25N3/c1-12-7-8-13(11-17-12)14(16)15(2,3)18-9-5-4-6-10-18/h7-8,11,14H,4-6,9-10,16H2,1-3H3. The van der Waals surface area contributed by atoms with Crippen LogP contribution in [0.1, 0.15) is 50.4 Å². The topological polar surface area (TPSA) is 42.1 Å². The lowest BCUT2D eigenvalue weighted by Gasteiger charge is -2.44. The highest BCUT2D eigenvalue weighted by atomic mass is 15.2. The molecule has 2 rings (SSSR count). The summed E-state index contributed by atoms with van der Waals surface area (Å²) in [6.45, 7) is 8.84. The molecule has 0 aromatic carbocycles. The smallest absolute Gasteiger partial charge is 0.0492 e. The van der Waals surface area contributed by atoms with Crippen LogP contribution in [0.4, 0.5) is 0 Å². The molecular formula is C15H25N3. The zero-order valence-electron chi connectivity index (χ0n) is 11.8. The van der Waals surface area contributed by atoms with E-state index >= 15 is 0 Å². The zero-order valence-corrected chi connectivity index (χ0v) is 11.8. The quantitative estimate of drug-likeness (QED) is 0.893. The van der Waals surface area contributed by atoms with E-state index in [0.717, 1.165) is 11.3 Å². The van der Waals surface area contributed by atoms with Crippen molar-refractivity contribution >= 4 is 0 Å². The minimum Gasteiger partial charge on any atom is -0.322 e. The van der Waals surface area contributed by atoms with E-state index in [0.29, 0.717) is 0 Å². The molecule has 1 aromatic rings. The lowest BCUT2D eigenvalue weighted by molar-refractivity contribution is 0.0729. The van der Waals surface area contributed by atoms with Gasteiger partial charge in [-0.1, -0.05) is 12.5 Å². The number of aryl methyl sites for hydroxylation is 1. The van der Waals surface area contributed by atoms with Crippen molar-refractivity contribution in [2.45, 2.75) is 51.6 Å². The van der Waals surface area contributed by atoms with E-state index in [1.807, 2.05) is 19.2 Å². The Balaban J connectivity index is 2.14. The molecule has 0 amide bonds. The molecule has 0 saturated carbocycles. The SMILES string of the molecule is Cc1ccc(C(N)C(C)(C)N2CCCCC2)cn1. The van der Waals surface area contributed by atoms with Crippen molar-refractivity contribution in [2.75, 3.05) is 13.1 Å². The van der Waals surface area contributed by atoms with Gasteiger partial charge < -0.3 is 5.73 Å². The van der Waals surface area contributed by atoms with Crippen molar-refractivity contribution < 1.29 is 0 Å². The Kier molecular flexibility index (Phi) is 4.03. The fourth-order valence-electron chi connectivity index (χ4n) is 2.74. The number of piperidine rings is 1. The molecule has 100 valence electrons. The van der Waals surface area contributed by atoms with Crippen molar-refractivity contribution in [3.63, 3.8) is 0 Å². The first-order valence-corrected chi connectivity index (χ1v) is 6.95. The van der Waals surface area contributed by atoms with Crippen LogP contribution in [0.25, 0.3) is 0 Å². The Morgan fingerprint density at radius 1 is 1.22 bits per heavy atom. The highest BCUT2D eigenvalue weighted by molar-refractivity contribution is 5.20. The number of pyridine rings is 1. The van der Waals surface area contributed by atoms with Gasteiger partial charge in [0.15, 0.2) is 0 Å². The Bertz CT molecular complexity index is 377. The molecule has 2 N–H and O–H groups in total. The second-order valence-corrected chi connectivity index (χ2v) is 5.91. The Labute approximate surface area is 110 Å². The third-order valence-corrected chi connectivity index (χ3v) is 4.23. The first-order valence-electron chi connectivity index (χ1n) is 6.95. The van der Waals surface area contributed by atoms with Crippen LogP contribution in [-0.2, 0) is 0 Å². The molecular weight excluding hydrogens is 222 g/mol. The minimum absolute atomic E-state index is 0.00262. The second-order valence-electron chi connectivity index (χ2n) is 5.91. The summed E-state index contributed by atoms with van der Waals surface area (Å²) in [6, 6.07) is 4.17. The zero-order chi connectivity index (χ0) is 13.2. The highest BCUT2D eigenvalue weighted by Gasteiger charge is 2.34. The highest BCUT2D eigenvalue weighted by Crippen LogP contribution is 2.31. The van der Waals surface area contributed by atoms with Crippen molar-refractivity contribution in [3.05, 3.63) is 29.6 Å². The number of nitrogens with zero attached hydrogens (tertiary/aromatic N) is 2. The van der Waals surface area contributed by atoms with E-state index in [-0.39, 0.29) is 11.6 Å². The summed E-state index contributed by atoms with van der Waals surface area (Å²) in [4.78, 5) is 6.89. The fraction of sp³-hybridized carbons (Fsp3) is 0.667. The van der Waals surface area contributed by atoms with Gasteiger partial charge in [-0.15, -0.1) is 0 Å². The van der Waals surface area contributed by atoms with Gasteiger partial charge in [-0.3, -0.25) is 9.88 Å². The Morgan fingerprint density at radius 3 is 2.44 bits per heavy atom. The molecule has 0 spiro atoms. The van der Waals surface area contributed by atoms with Crippen LogP contribution in [0.3, 0.4) is 0 Å². The van der Waals surface area contributed by atoms with E-state index in [9.17, 15) is 0 Å². The number of likely N-dealkylation sites (tertiary alicyclic amines) is 1. The van der Waals surface area contributed by atoms with Gasteiger partial charge in [-0.25, -0.2) is 0 Å². The van der Waals surface area contributed by atoms with E-state index in [4.69, 9.17) is 5.73 Å². The van der Waals surface area contributed by atoms with Gasteiger partial charge in [0.05, 0.1) is 0 Å². The summed E-state index contributed by atoms with van der Waals surface area (Å²) >= 11 is 0. The summed E-state index contributed by atoms with van der Waals surface area (Å²) in [5.41, 5.74) is 8.65. The van der Waals surface area contributed by atoms with Crippen LogP contribution in [0.5, 0.6) is 0 Å². The molecule has 3 heteroatoms. The Morgan fingerprint density at radius 2 is 1.89 bits per heavy atom. The molecule has 1 fully saturated rings. The average Bonchev–Trinajstić information content (AvgIpc) is 2.40. The van der Waals surface area contributed by atoms with E-state index < -0.39 is 0 Å². The predicted octanol–water partition coefficient (Wildman–Crippen LogP) is 2.65. The Hall–Kier alpha value is -0.930. The number of hydrogen-bond acceptors (Lipinski definition) is 3. The third kappa shape index (κ3) is 2.73. The molecule has 1 saturated heterocycles. The van der Waals surface area contributed by atoms with E-state index in [2.05, 4.69) is 29.8 Å². The van der Waals surface area contributed by atoms with Gasteiger partial charge in [0.2, 0.25) is 0 Å². The summed E-state index contributed by atoms with van der Waals surface area (Å²) < 4.78 is 0. The molecule has 0 radical (unpaired) electrons. The molecule has 1 aromatic heterocycles. The molecule has 2 heterocycles. The monoisotopic (exact) mass is 247 g/mol. The van der Waals surface area contributed by atoms with Crippen LogP contribution in [-0.4, -0.2) is 28.5 Å². The first-order chi connectivity index (χ1) is 8.51. The van der Waals surface area contributed by atoms with Crippen LogP contribution in [0, 0.1) is 6.92 Å². The summed E-state index contributed by atoms with van der Waals surface area (Å²) in [5.74, 6) is 0. The normalized spacial score (nSPS) is 19.8. The van der Waals surface area contributed by atoms with Crippen molar-refractivity contribution in [2.24, 2.45) is 5.73 Å². The van der Waals surface area contributed by atoms with Crippen LogP contribution < -0.4 is 5.73 Å². The molecule has 1 unspecified atom stereocenters. The summed E-state index contributed by atoms with van der Waals surface area (Å²) in [5, 5.41) is 0. The number of hydrogen-bond donors (Lipinski definition) is 1. The van der Waals surface area contributed by atoms with Gasteiger partial charge in [0, 0.05) is 23.5 Å². The third-order valence-electron chi connectivity index (χ3n) is 4.23. The summed E-state index contributed by atoms with van der Waals surface area (Å²) in [6.07, 6.45) is 5.87. The maximum Gasteiger partial charge on any atom is 0.0492 e. The number of rotatable bonds is 3. The molecule has 0 aliphatic carbocycles. The minimum atomic E-state index is -0.00262. The molecule has 18 heavy (non-hydrogen) atoms. The lowest BCUT2D eigenvalue weighted by atomic mass is 9.87. The molecule has 1 aliphatic heterocycles. The van der Waals surface area contributed by atoms with Gasteiger partial charge in [0.25, 0.3) is 0 Å². The van der Waals surface area contributed by atoms with Crippen molar-refractivity contribution in [1.29, 1.82) is 0 Å². The maximum absolute atomic E-state index is 6.47. The first kappa shape index (κ1) is 13.5. The number of aromatic nitrogens is 1. The number of nitrogens with two attached hydrogens (primary N) is 1. The van der Waals surface area contributed by atoms with Crippen molar-refractivity contribution in [1.82, 2.24) is 9.88 Å². The van der Waals surface area contributed by atoms with Crippen LogP contribution >= 0.6 is 0 Å². The van der Waals surface area contributed by atoms with Crippen LogP contribution in [0.2, 0.25) is 0 Å². The van der Waals surface area contributed by atoms with E-state index in [1.54, 1.807) is 0 Å². The molecule has 0 bridgehead atoms. The fourth-order valence-corrected chi connectivity index (χ4v) is 2.74. The largest absolute Gasteiger partial charge is 0.322 e. The summed E-state index contributed by atoms with van der Waals surface area (Å²) in [7, 11) is 0. The lowest BCUT2D eigenvalue weighted by Crippen LogP contribution is -2.53. The van der Waals surface area contributed by atoms with Crippen LogP contribution in [0.15, 0.2) is 18.3 Å². The van der Waals surface area contributed by atoms with E-state index in [1.165, 1.54) is 32.4 Å². The van der Waals surface area contributed by atoms with Gasteiger partial charge in [-0.2, -0.15) is 0 Å².